The summed E-state index contributed by atoms with van der Waals surface area (Å²) < 4.78 is 5.63. The quantitative estimate of drug-likeness (QED) is 0.870. The van der Waals surface area contributed by atoms with Gasteiger partial charge < -0.3 is 10.5 Å². The van der Waals surface area contributed by atoms with Gasteiger partial charge >= 0.3 is 0 Å². The Kier molecular flexibility index (Phi) is 6.07. The van der Waals surface area contributed by atoms with Crippen molar-refractivity contribution in [1.82, 2.24) is 4.90 Å². The van der Waals surface area contributed by atoms with Crippen molar-refractivity contribution in [2.45, 2.75) is 51.6 Å². The van der Waals surface area contributed by atoms with E-state index in [2.05, 4.69) is 37.1 Å². The zero-order valence-electron chi connectivity index (χ0n) is 13.7. The third-order valence-electron chi connectivity index (χ3n) is 4.86. The second-order valence-corrected chi connectivity index (χ2v) is 6.25. The van der Waals surface area contributed by atoms with Gasteiger partial charge in [0, 0.05) is 18.6 Å². The van der Waals surface area contributed by atoms with Gasteiger partial charge in [-0.15, -0.1) is 0 Å². The van der Waals surface area contributed by atoms with Crippen molar-refractivity contribution in [1.29, 1.82) is 0 Å². The fourth-order valence-corrected chi connectivity index (χ4v) is 3.65. The zero-order chi connectivity index (χ0) is 15.2. The number of rotatable bonds is 6. The molecular formula is C18H30N2O. The first-order chi connectivity index (χ1) is 10.2. The predicted octanol–water partition coefficient (Wildman–Crippen LogP) is 3.60. The molecule has 1 saturated carbocycles. The van der Waals surface area contributed by atoms with Crippen molar-refractivity contribution >= 4 is 0 Å². The third kappa shape index (κ3) is 3.98. The van der Waals surface area contributed by atoms with Gasteiger partial charge in [-0.1, -0.05) is 31.9 Å². The van der Waals surface area contributed by atoms with Gasteiger partial charge in [-0.3, -0.25) is 4.90 Å². The highest BCUT2D eigenvalue weighted by atomic mass is 16.5. The minimum Gasteiger partial charge on any atom is -0.494 e. The Morgan fingerprint density at radius 3 is 2.76 bits per heavy atom. The van der Waals surface area contributed by atoms with Crippen molar-refractivity contribution in [2.24, 2.45) is 11.7 Å². The van der Waals surface area contributed by atoms with Gasteiger partial charge in [-0.25, -0.2) is 0 Å². The van der Waals surface area contributed by atoms with Crippen LogP contribution in [0.15, 0.2) is 24.3 Å². The minimum absolute atomic E-state index is 0.274. The van der Waals surface area contributed by atoms with E-state index in [0.717, 1.165) is 11.7 Å². The number of ether oxygens (including phenoxy) is 1. The molecule has 0 aromatic heterocycles. The van der Waals surface area contributed by atoms with E-state index in [1.165, 1.54) is 31.2 Å². The van der Waals surface area contributed by atoms with Gasteiger partial charge in [0.15, 0.2) is 0 Å². The lowest BCUT2D eigenvalue weighted by Crippen LogP contribution is -2.43. The highest BCUT2D eigenvalue weighted by Crippen LogP contribution is 2.32. The largest absolute Gasteiger partial charge is 0.494 e. The summed E-state index contributed by atoms with van der Waals surface area (Å²) in [5, 5.41) is 0. The molecule has 1 aromatic rings. The molecule has 1 aliphatic rings. The van der Waals surface area contributed by atoms with E-state index in [1.54, 1.807) is 0 Å². The van der Waals surface area contributed by atoms with Crippen LogP contribution in [-0.4, -0.2) is 31.1 Å². The van der Waals surface area contributed by atoms with E-state index in [9.17, 15) is 0 Å². The Hall–Kier alpha value is -1.06. The molecule has 118 valence electrons. The first kappa shape index (κ1) is 16.3. The molecule has 0 saturated heterocycles. The standard InChI is InChI=1S/C18H30N2O/c1-4-21-16-10-7-9-15(12-16)18(13-19)20(3)17-11-6-5-8-14(17)2/h7,9-10,12,14,17-18H,4-6,8,11,13,19H2,1-3H3. The lowest BCUT2D eigenvalue weighted by atomic mass is 9.84. The van der Waals surface area contributed by atoms with Gasteiger partial charge in [0.05, 0.1) is 6.61 Å². The maximum Gasteiger partial charge on any atom is 0.119 e. The summed E-state index contributed by atoms with van der Waals surface area (Å²) in [6, 6.07) is 9.32. The SMILES string of the molecule is CCOc1cccc(C(CN)N(C)C2CCCCC2C)c1. The average molecular weight is 290 g/mol. The molecular weight excluding hydrogens is 260 g/mol. The molecule has 2 N–H and O–H groups in total. The molecule has 1 fully saturated rings. The van der Waals surface area contributed by atoms with Gasteiger partial charge in [-0.2, -0.15) is 0 Å². The molecule has 2 rings (SSSR count). The van der Waals surface area contributed by atoms with Crippen molar-refractivity contribution in [3.63, 3.8) is 0 Å². The summed E-state index contributed by atoms with van der Waals surface area (Å²) in [5.74, 6) is 1.70. The monoisotopic (exact) mass is 290 g/mol. The minimum atomic E-state index is 0.274. The molecule has 0 radical (unpaired) electrons. The van der Waals surface area contributed by atoms with Crippen LogP contribution in [0.3, 0.4) is 0 Å². The topological polar surface area (TPSA) is 38.5 Å². The van der Waals surface area contributed by atoms with E-state index >= 15 is 0 Å². The molecule has 3 heteroatoms. The van der Waals surface area contributed by atoms with Crippen LogP contribution in [-0.2, 0) is 0 Å². The third-order valence-corrected chi connectivity index (χ3v) is 4.86. The fraction of sp³-hybridized carbons (Fsp3) is 0.667. The van der Waals surface area contributed by atoms with Crippen LogP contribution in [0.1, 0.15) is 51.1 Å². The second kappa shape index (κ2) is 7.81. The van der Waals surface area contributed by atoms with E-state index in [4.69, 9.17) is 10.5 Å². The summed E-state index contributed by atoms with van der Waals surface area (Å²) in [7, 11) is 2.23. The van der Waals surface area contributed by atoms with Crippen LogP contribution in [0.4, 0.5) is 0 Å². The van der Waals surface area contributed by atoms with Crippen molar-refractivity contribution in [3.8, 4) is 5.75 Å². The number of hydrogen-bond acceptors (Lipinski definition) is 3. The molecule has 1 aromatic carbocycles. The zero-order valence-corrected chi connectivity index (χ0v) is 13.7. The van der Waals surface area contributed by atoms with Gasteiger partial charge in [0.2, 0.25) is 0 Å². The molecule has 1 aliphatic carbocycles. The van der Waals surface area contributed by atoms with Crippen molar-refractivity contribution in [3.05, 3.63) is 29.8 Å². The summed E-state index contributed by atoms with van der Waals surface area (Å²) >= 11 is 0. The summed E-state index contributed by atoms with van der Waals surface area (Å²) in [6.45, 7) is 5.75. The Labute approximate surface area is 129 Å². The molecule has 0 aliphatic heterocycles. The van der Waals surface area contributed by atoms with E-state index in [-0.39, 0.29) is 6.04 Å². The molecule has 3 unspecified atom stereocenters. The molecule has 21 heavy (non-hydrogen) atoms. The second-order valence-electron chi connectivity index (χ2n) is 6.25. The summed E-state index contributed by atoms with van der Waals surface area (Å²) in [4.78, 5) is 2.49. The molecule has 3 atom stereocenters. The normalized spacial score (nSPS) is 24.0. The van der Waals surface area contributed by atoms with Gasteiger partial charge in [-0.05, 0) is 50.4 Å². The lowest BCUT2D eigenvalue weighted by molar-refractivity contribution is 0.0991. The maximum atomic E-state index is 6.10. The summed E-state index contributed by atoms with van der Waals surface area (Å²) in [5.41, 5.74) is 7.37. The van der Waals surface area contributed by atoms with Gasteiger partial charge in [0.1, 0.15) is 5.75 Å². The highest BCUT2D eigenvalue weighted by molar-refractivity contribution is 5.31. The molecule has 0 heterocycles. The predicted molar refractivity (Wildman–Crippen MR) is 88.6 cm³/mol. The Morgan fingerprint density at radius 2 is 2.10 bits per heavy atom. The van der Waals surface area contributed by atoms with Crippen LogP contribution in [0.5, 0.6) is 5.75 Å². The van der Waals surface area contributed by atoms with Gasteiger partial charge in [0.25, 0.3) is 0 Å². The number of hydrogen-bond donors (Lipinski definition) is 1. The first-order valence-corrected chi connectivity index (χ1v) is 8.32. The number of benzene rings is 1. The van der Waals surface area contributed by atoms with Crippen molar-refractivity contribution in [2.75, 3.05) is 20.2 Å². The Bertz CT molecular complexity index is 435. The van der Waals surface area contributed by atoms with E-state index < -0.39 is 0 Å². The number of nitrogens with two attached hydrogens (primary N) is 1. The average Bonchev–Trinajstić information content (AvgIpc) is 2.49. The summed E-state index contributed by atoms with van der Waals surface area (Å²) in [6.07, 6.45) is 5.35. The smallest absolute Gasteiger partial charge is 0.119 e. The molecule has 0 bridgehead atoms. The van der Waals surface area contributed by atoms with Crippen LogP contribution >= 0.6 is 0 Å². The first-order valence-electron chi connectivity index (χ1n) is 8.32. The molecule has 3 nitrogen and oxygen atoms in total. The van der Waals surface area contributed by atoms with Crippen molar-refractivity contribution < 1.29 is 4.74 Å². The Balaban J connectivity index is 2.15. The molecule has 0 amide bonds. The van der Waals surface area contributed by atoms with Crippen LogP contribution in [0, 0.1) is 5.92 Å². The molecule has 0 spiro atoms. The van der Waals surface area contributed by atoms with E-state index in [0.29, 0.717) is 19.2 Å². The fourth-order valence-electron chi connectivity index (χ4n) is 3.65. The Morgan fingerprint density at radius 1 is 1.33 bits per heavy atom. The van der Waals surface area contributed by atoms with Crippen LogP contribution in [0.2, 0.25) is 0 Å². The number of likely N-dealkylation sites (N-methyl/N-ethyl adjacent to an activating group) is 1. The van der Waals surface area contributed by atoms with E-state index in [1.807, 2.05) is 13.0 Å². The maximum absolute atomic E-state index is 6.10. The van der Waals surface area contributed by atoms with Crippen LogP contribution in [0.25, 0.3) is 0 Å². The number of nitrogens with zero attached hydrogens (tertiary/aromatic N) is 1. The lowest BCUT2D eigenvalue weighted by Gasteiger charge is -2.40. The highest BCUT2D eigenvalue weighted by Gasteiger charge is 2.29. The van der Waals surface area contributed by atoms with Crippen LogP contribution < -0.4 is 10.5 Å².